The van der Waals surface area contributed by atoms with Crippen LogP contribution >= 0.6 is 11.3 Å². The van der Waals surface area contributed by atoms with Crippen LogP contribution in [0.4, 0.5) is 4.39 Å². The lowest BCUT2D eigenvalue weighted by atomic mass is 9.94. The Morgan fingerprint density at radius 3 is 2.97 bits per heavy atom. The average Bonchev–Trinajstić information content (AvgIpc) is 3.21. The molecule has 0 aliphatic carbocycles. The van der Waals surface area contributed by atoms with Gasteiger partial charge in [0.15, 0.2) is 0 Å². The highest BCUT2D eigenvalue weighted by molar-refractivity contribution is 7.17. The van der Waals surface area contributed by atoms with E-state index in [0.29, 0.717) is 40.9 Å². The molecule has 4 rings (SSSR count). The minimum atomic E-state index is -0.540. The third-order valence-corrected chi connectivity index (χ3v) is 6.26. The van der Waals surface area contributed by atoms with E-state index in [4.69, 9.17) is 4.74 Å². The molecule has 1 aromatic carbocycles. The van der Waals surface area contributed by atoms with Crippen LogP contribution in [0.1, 0.15) is 42.1 Å². The van der Waals surface area contributed by atoms with Crippen LogP contribution < -0.4 is 0 Å². The topological polar surface area (TPSA) is 80.0 Å². The van der Waals surface area contributed by atoms with Gasteiger partial charge >= 0.3 is 5.97 Å². The summed E-state index contributed by atoms with van der Waals surface area (Å²) in [5.41, 5.74) is 0.452. The van der Waals surface area contributed by atoms with Gasteiger partial charge in [-0.2, -0.15) is 4.52 Å². The van der Waals surface area contributed by atoms with Crippen molar-refractivity contribution in [3.05, 3.63) is 46.3 Å². The number of aryl methyl sites for hydroxylation is 1. The molecule has 3 heterocycles. The summed E-state index contributed by atoms with van der Waals surface area (Å²) in [5.74, 6) is -0.347. The number of aromatic nitrogens is 3. The van der Waals surface area contributed by atoms with Crippen molar-refractivity contribution in [2.75, 3.05) is 19.7 Å². The number of hydrogen-bond donors (Lipinski definition) is 1. The lowest BCUT2D eigenvalue weighted by molar-refractivity contribution is -0.150. The molecular weight excluding hydrogens is 395 g/mol. The average molecular weight is 418 g/mol. The van der Waals surface area contributed by atoms with Crippen LogP contribution in [0.5, 0.6) is 5.88 Å². The van der Waals surface area contributed by atoms with Crippen LogP contribution in [0.25, 0.3) is 4.96 Å². The van der Waals surface area contributed by atoms with Gasteiger partial charge in [-0.15, -0.1) is 5.10 Å². The molecule has 7 nitrogen and oxygen atoms in total. The van der Waals surface area contributed by atoms with E-state index in [1.54, 1.807) is 32.0 Å². The predicted molar refractivity (Wildman–Crippen MR) is 106 cm³/mol. The summed E-state index contributed by atoms with van der Waals surface area (Å²) in [7, 11) is 0. The largest absolute Gasteiger partial charge is 0.492 e. The summed E-state index contributed by atoms with van der Waals surface area (Å²) in [5, 5.41) is 15.1. The van der Waals surface area contributed by atoms with Crippen LogP contribution in [0.15, 0.2) is 24.3 Å². The number of carbonyl (C=O) groups is 1. The van der Waals surface area contributed by atoms with Gasteiger partial charge in [0.05, 0.1) is 23.4 Å². The number of benzene rings is 1. The Morgan fingerprint density at radius 1 is 1.45 bits per heavy atom. The molecule has 0 radical (unpaired) electrons. The van der Waals surface area contributed by atoms with Crippen molar-refractivity contribution >= 4 is 22.3 Å². The molecule has 2 atom stereocenters. The van der Waals surface area contributed by atoms with E-state index in [0.717, 1.165) is 12.8 Å². The monoisotopic (exact) mass is 418 g/mol. The van der Waals surface area contributed by atoms with Crippen molar-refractivity contribution in [3.63, 3.8) is 0 Å². The zero-order valence-electron chi connectivity index (χ0n) is 16.3. The van der Waals surface area contributed by atoms with Crippen LogP contribution in [0.2, 0.25) is 0 Å². The normalized spacial score (nSPS) is 18.8. The summed E-state index contributed by atoms with van der Waals surface area (Å²) in [6.07, 6.45) is 1.52. The van der Waals surface area contributed by atoms with Gasteiger partial charge < -0.3 is 9.84 Å². The number of piperidine rings is 1. The SMILES string of the molecule is CCOC(=O)[C@H]1CCCN([C@H](c2ccccc2F)c2sc3nc(C)nn3c2O)C1. The number of hydrogen-bond acceptors (Lipinski definition) is 7. The quantitative estimate of drug-likeness (QED) is 0.641. The molecule has 1 saturated heterocycles. The van der Waals surface area contributed by atoms with E-state index in [-0.39, 0.29) is 23.6 Å². The Balaban J connectivity index is 1.76. The van der Waals surface area contributed by atoms with Crippen LogP contribution in [0.3, 0.4) is 0 Å². The van der Waals surface area contributed by atoms with Gasteiger partial charge in [0.25, 0.3) is 0 Å². The molecule has 3 aromatic rings. The number of esters is 1. The summed E-state index contributed by atoms with van der Waals surface area (Å²) in [6, 6.07) is 6.00. The van der Waals surface area contributed by atoms with E-state index in [9.17, 15) is 14.3 Å². The van der Waals surface area contributed by atoms with Crippen LogP contribution in [-0.2, 0) is 9.53 Å². The number of fused-ring (bicyclic) bond motifs is 1. The second-order valence-electron chi connectivity index (χ2n) is 7.15. The number of rotatable bonds is 5. The van der Waals surface area contributed by atoms with Gasteiger partial charge in [0, 0.05) is 12.1 Å². The summed E-state index contributed by atoms with van der Waals surface area (Å²) in [4.78, 5) is 19.8. The number of likely N-dealkylation sites (tertiary alicyclic amines) is 1. The Morgan fingerprint density at radius 2 is 2.24 bits per heavy atom. The Hall–Kier alpha value is -2.52. The number of thiazole rings is 1. The zero-order chi connectivity index (χ0) is 20.5. The first-order chi connectivity index (χ1) is 14.0. The van der Waals surface area contributed by atoms with Gasteiger partial charge in [0.2, 0.25) is 10.8 Å². The second kappa shape index (κ2) is 8.08. The standard InChI is InChI=1S/C20H23FN4O3S/c1-3-28-19(27)13-7-6-10-24(11-13)16(14-8-4-5-9-15(14)21)17-18(26)25-20(29-17)22-12(2)23-25/h4-5,8-9,13,16,26H,3,6-7,10-11H2,1-2H3/t13-,16+/m0/s1. The first-order valence-electron chi connectivity index (χ1n) is 9.69. The Labute approximate surface area is 171 Å². The van der Waals surface area contributed by atoms with Gasteiger partial charge in [-0.05, 0) is 39.3 Å². The molecule has 1 fully saturated rings. The first-order valence-corrected chi connectivity index (χ1v) is 10.5. The van der Waals surface area contributed by atoms with E-state index in [1.165, 1.54) is 21.9 Å². The molecule has 0 spiro atoms. The highest BCUT2D eigenvalue weighted by atomic mass is 32.1. The fourth-order valence-corrected chi connectivity index (χ4v) is 5.07. The smallest absolute Gasteiger partial charge is 0.310 e. The van der Waals surface area contributed by atoms with Gasteiger partial charge in [0.1, 0.15) is 11.6 Å². The molecule has 0 unspecified atom stereocenters. The van der Waals surface area contributed by atoms with Gasteiger partial charge in [-0.1, -0.05) is 29.5 Å². The molecular formula is C20H23FN4O3S. The lowest BCUT2D eigenvalue weighted by Gasteiger charge is -2.37. The molecule has 1 N–H and O–H groups in total. The number of halogens is 1. The third-order valence-electron chi connectivity index (χ3n) is 5.19. The highest BCUT2D eigenvalue weighted by Gasteiger charge is 2.36. The number of carbonyl (C=O) groups excluding carboxylic acids is 1. The maximum atomic E-state index is 14.8. The van der Waals surface area contributed by atoms with E-state index in [2.05, 4.69) is 10.1 Å². The van der Waals surface area contributed by atoms with Crippen molar-refractivity contribution in [1.29, 1.82) is 0 Å². The van der Waals surface area contributed by atoms with E-state index in [1.807, 2.05) is 4.90 Å². The lowest BCUT2D eigenvalue weighted by Crippen LogP contribution is -2.41. The molecule has 2 aromatic heterocycles. The van der Waals surface area contributed by atoms with Crippen molar-refractivity contribution in [3.8, 4) is 5.88 Å². The molecule has 154 valence electrons. The summed E-state index contributed by atoms with van der Waals surface area (Å²) < 4.78 is 21.4. The Kier molecular flexibility index (Phi) is 5.51. The minimum absolute atomic E-state index is 0.0443. The molecule has 0 saturated carbocycles. The number of aromatic hydroxyl groups is 1. The van der Waals surface area contributed by atoms with Crippen molar-refractivity contribution in [1.82, 2.24) is 19.5 Å². The third kappa shape index (κ3) is 3.72. The summed E-state index contributed by atoms with van der Waals surface area (Å²) >= 11 is 1.28. The zero-order valence-corrected chi connectivity index (χ0v) is 17.2. The van der Waals surface area contributed by atoms with Crippen molar-refractivity contribution in [2.45, 2.75) is 32.7 Å². The van der Waals surface area contributed by atoms with Crippen LogP contribution in [-0.4, -0.2) is 50.3 Å². The van der Waals surface area contributed by atoms with Gasteiger partial charge in [-0.25, -0.2) is 9.37 Å². The minimum Gasteiger partial charge on any atom is -0.492 e. The second-order valence-corrected chi connectivity index (χ2v) is 8.16. The fraction of sp³-hybridized carbons (Fsp3) is 0.450. The van der Waals surface area contributed by atoms with E-state index < -0.39 is 6.04 Å². The van der Waals surface area contributed by atoms with Crippen LogP contribution in [0, 0.1) is 18.7 Å². The molecule has 29 heavy (non-hydrogen) atoms. The maximum Gasteiger partial charge on any atom is 0.310 e. The molecule has 9 heteroatoms. The molecule has 1 aliphatic rings. The first kappa shape index (κ1) is 19.8. The predicted octanol–water partition coefficient (Wildman–Crippen LogP) is 3.31. The molecule has 1 aliphatic heterocycles. The summed E-state index contributed by atoms with van der Waals surface area (Å²) in [6.45, 7) is 4.99. The maximum absolute atomic E-state index is 14.8. The van der Waals surface area contributed by atoms with Crippen molar-refractivity contribution < 1.29 is 19.0 Å². The highest BCUT2D eigenvalue weighted by Crippen LogP contribution is 2.42. The molecule has 0 bridgehead atoms. The fourth-order valence-electron chi connectivity index (χ4n) is 3.92. The Bertz CT molecular complexity index is 1030. The van der Waals surface area contributed by atoms with Crippen molar-refractivity contribution in [2.24, 2.45) is 5.92 Å². The van der Waals surface area contributed by atoms with E-state index >= 15 is 0 Å². The molecule has 0 amide bonds. The number of ether oxygens (including phenoxy) is 1. The van der Waals surface area contributed by atoms with Gasteiger partial charge in [-0.3, -0.25) is 9.69 Å². The number of nitrogens with zero attached hydrogens (tertiary/aromatic N) is 4.